The Balaban J connectivity index is 2.46. The number of nitrogens with one attached hydrogen (secondary N) is 1. The van der Waals surface area contributed by atoms with Gasteiger partial charge in [-0.15, -0.1) is 0 Å². The monoisotopic (exact) mass is 503 g/mol. The van der Waals surface area contributed by atoms with Crippen molar-refractivity contribution in [2.75, 3.05) is 24.2 Å². The smallest absolute Gasteiger partial charge is 0.244 e. The molecule has 0 aliphatic heterocycles. The van der Waals surface area contributed by atoms with Gasteiger partial charge in [-0.3, -0.25) is 13.9 Å². The summed E-state index contributed by atoms with van der Waals surface area (Å²) in [5.41, 5.74) is 2.72. The number of carbonyl (C=O) groups is 2. The van der Waals surface area contributed by atoms with Gasteiger partial charge in [0.25, 0.3) is 0 Å². The van der Waals surface area contributed by atoms with E-state index in [1.54, 1.807) is 58.2 Å². The van der Waals surface area contributed by atoms with Crippen molar-refractivity contribution in [2.24, 2.45) is 0 Å². The molecule has 1 N–H and O–H groups in total. The largest absolute Gasteiger partial charge is 0.497 e. The van der Waals surface area contributed by atoms with E-state index in [0.717, 1.165) is 33.7 Å². The van der Waals surface area contributed by atoms with E-state index in [4.69, 9.17) is 4.74 Å². The summed E-state index contributed by atoms with van der Waals surface area (Å²) in [6.07, 6.45) is 1.83. The van der Waals surface area contributed by atoms with Crippen LogP contribution in [0.25, 0.3) is 0 Å². The number of methoxy groups -OCH3 is 1. The minimum absolute atomic E-state index is 0.0548. The zero-order valence-corrected chi connectivity index (χ0v) is 22.5. The molecule has 0 saturated heterocycles. The Morgan fingerprint density at radius 3 is 2.20 bits per heavy atom. The molecular weight excluding hydrogens is 466 g/mol. The standard InChI is InChI=1S/C26H37N3O5S/c1-8-20(4)27-26(31)21(5)28(16-22-13-10-14-23(15-22)34-6)24(30)17-29(35(7,32)33)25-18(2)11-9-12-19(25)3/h9-15,20-21H,8,16-17H2,1-7H3,(H,27,31)/t20-,21-/m1/s1. The van der Waals surface area contributed by atoms with Gasteiger partial charge in [-0.05, 0) is 62.9 Å². The molecule has 8 nitrogen and oxygen atoms in total. The second-order valence-electron chi connectivity index (χ2n) is 8.88. The van der Waals surface area contributed by atoms with Crippen LogP contribution in [0.5, 0.6) is 5.75 Å². The third-order valence-corrected chi connectivity index (χ3v) is 7.14. The van der Waals surface area contributed by atoms with E-state index in [1.165, 1.54) is 4.90 Å². The Bertz CT molecular complexity index is 1130. The number of hydrogen-bond acceptors (Lipinski definition) is 5. The molecule has 0 spiro atoms. The fourth-order valence-corrected chi connectivity index (χ4v) is 4.76. The van der Waals surface area contributed by atoms with Crippen LogP contribution in [0.1, 0.15) is 43.9 Å². The summed E-state index contributed by atoms with van der Waals surface area (Å²) in [5, 5.41) is 2.92. The molecule has 2 aromatic carbocycles. The maximum absolute atomic E-state index is 13.7. The highest BCUT2D eigenvalue weighted by molar-refractivity contribution is 7.92. The lowest BCUT2D eigenvalue weighted by atomic mass is 10.1. The molecule has 0 unspecified atom stereocenters. The fourth-order valence-electron chi connectivity index (χ4n) is 3.79. The van der Waals surface area contributed by atoms with Gasteiger partial charge >= 0.3 is 0 Å². The molecule has 35 heavy (non-hydrogen) atoms. The summed E-state index contributed by atoms with van der Waals surface area (Å²) in [5.74, 6) is -0.152. The Labute approximate surface area is 209 Å². The number of sulfonamides is 1. The SMILES string of the molecule is CC[C@@H](C)NC(=O)[C@@H](C)N(Cc1cccc(OC)c1)C(=O)CN(c1c(C)cccc1C)S(C)(=O)=O. The number of ether oxygens (including phenoxy) is 1. The average molecular weight is 504 g/mol. The lowest BCUT2D eigenvalue weighted by Crippen LogP contribution is -2.52. The summed E-state index contributed by atoms with van der Waals surface area (Å²) < 4.78 is 32.0. The molecule has 9 heteroatoms. The van der Waals surface area contributed by atoms with Crippen LogP contribution in [0.3, 0.4) is 0 Å². The minimum Gasteiger partial charge on any atom is -0.497 e. The number of nitrogens with zero attached hydrogens (tertiary/aromatic N) is 2. The Morgan fingerprint density at radius 1 is 1.06 bits per heavy atom. The van der Waals surface area contributed by atoms with E-state index in [1.807, 2.05) is 26.0 Å². The van der Waals surface area contributed by atoms with E-state index in [-0.39, 0.29) is 18.5 Å². The number of para-hydroxylation sites is 1. The predicted octanol–water partition coefficient (Wildman–Crippen LogP) is 3.41. The lowest BCUT2D eigenvalue weighted by molar-refractivity contribution is -0.139. The number of benzene rings is 2. The predicted molar refractivity (Wildman–Crippen MR) is 139 cm³/mol. The quantitative estimate of drug-likeness (QED) is 0.507. The first-order valence-corrected chi connectivity index (χ1v) is 13.5. The third-order valence-electron chi connectivity index (χ3n) is 6.02. The summed E-state index contributed by atoms with van der Waals surface area (Å²) in [4.78, 5) is 28.1. The fraction of sp³-hybridized carbons (Fsp3) is 0.462. The maximum atomic E-state index is 13.7. The Hall–Kier alpha value is -3.07. The van der Waals surface area contributed by atoms with Crippen molar-refractivity contribution in [3.05, 3.63) is 59.2 Å². The van der Waals surface area contributed by atoms with Crippen LogP contribution >= 0.6 is 0 Å². The normalized spacial score (nSPS) is 13.0. The van der Waals surface area contributed by atoms with Crippen molar-refractivity contribution >= 4 is 27.5 Å². The summed E-state index contributed by atoms with van der Waals surface area (Å²) >= 11 is 0. The number of carbonyl (C=O) groups excluding carboxylic acids is 2. The van der Waals surface area contributed by atoms with E-state index in [9.17, 15) is 18.0 Å². The van der Waals surface area contributed by atoms with Gasteiger partial charge in [0.1, 0.15) is 18.3 Å². The van der Waals surface area contributed by atoms with Gasteiger partial charge in [-0.25, -0.2) is 8.42 Å². The van der Waals surface area contributed by atoms with Gasteiger partial charge in [0, 0.05) is 12.6 Å². The molecule has 2 rings (SSSR count). The van der Waals surface area contributed by atoms with E-state index < -0.39 is 28.5 Å². The topological polar surface area (TPSA) is 96.0 Å². The first-order chi connectivity index (χ1) is 16.4. The van der Waals surface area contributed by atoms with Crippen molar-refractivity contribution in [3.63, 3.8) is 0 Å². The molecule has 0 aliphatic rings. The molecule has 2 atom stereocenters. The first-order valence-electron chi connectivity index (χ1n) is 11.7. The van der Waals surface area contributed by atoms with Crippen molar-refractivity contribution in [1.82, 2.24) is 10.2 Å². The molecule has 0 saturated carbocycles. The van der Waals surface area contributed by atoms with Crippen LogP contribution in [-0.2, 0) is 26.2 Å². The highest BCUT2D eigenvalue weighted by atomic mass is 32.2. The van der Waals surface area contributed by atoms with Crippen LogP contribution in [0.15, 0.2) is 42.5 Å². The van der Waals surface area contributed by atoms with Crippen LogP contribution in [0, 0.1) is 13.8 Å². The number of rotatable bonds is 11. The van der Waals surface area contributed by atoms with Crippen LogP contribution in [-0.4, -0.2) is 57.1 Å². The molecule has 192 valence electrons. The number of anilines is 1. The van der Waals surface area contributed by atoms with Gasteiger partial charge < -0.3 is 15.0 Å². The van der Waals surface area contributed by atoms with Gasteiger partial charge in [-0.2, -0.15) is 0 Å². The molecule has 0 heterocycles. The number of hydrogen-bond donors (Lipinski definition) is 1. The summed E-state index contributed by atoms with van der Waals surface area (Å²) in [7, 11) is -2.22. The van der Waals surface area contributed by atoms with E-state index in [0.29, 0.717) is 11.4 Å². The average Bonchev–Trinajstić information content (AvgIpc) is 2.80. The summed E-state index contributed by atoms with van der Waals surface area (Å²) in [6.45, 7) is 8.82. The highest BCUT2D eigenvalue weighted by Crippen LogP contribution is 2.27. The second kappa shape index (κ2) is 12.1. The molecule has 0 fully saturated rings. The molecular formula is C26H37N3O5S. The lowest BCUT2D eigenvalue weighted by Gasteiger charge is -2.33. The minimum atomic E-state index is -3.78. The molecule has 0 aromatic heterocycles. The Morgan fingerprint density at radius 2 is 1.66 bits per heavy atom. The molecule has 0 bridgehead atoms. The van der Waals surface area contributed by atoms with Crippen molar-refractivity contribution in [3.8, 4) is 5.75 Å². The van der Waals surface area contributed by atoms with Gasteiger partial charge in [-0.1, -0.05) is 37.3 Å². The van der Waals surface area contributed by atoms with Crippen molar-refractivity contribution in [1.29, 1.82) is 0 Å². The van der Waals surface area contributed by atoms with Gasteiger partial charge in [0.05, 0.1) is 19.1 Å². The van der Waals surface area contributed by atoms with Crippen LogP contribution in [0.2, 0.25) is 0 Å². The molecule has 0 radical (unpaired) electrons. The highest BCUT2D eigenvalue weighted by Gasteiger charge is 2.31. The van der Waals surface area contributed by atoms with E-state index in [2.05, 4.69) is 5.32 Å². The van der Waals surface area contributed by atoms with Crippen LogP contribution < -0.4 is 14.4 Å². The number of amides is 2. The van der Waals surface area contributed by atoms with E-state index >= 15 is 0 Å². The zero-order chi connectivity index (χ0) is 26.3. The molecule has 2 amide bonds. The molecule has 0 aliphatic carbocycles. The van der Waals surface area contributed by atoms with Crippen LogP contribution in [0.4, 0.5) is 5.69 Å². The van der Waals surface area contributed by atoms with Gasteiger partial charge in [0.2, 0.25) is 21.8 Å². The Kier molecular flexibility index (Phi) is 9.71. The maximum Gasteiger partial charge on any atom is 0.244 e. The number of aryl methyl sites for hydroxylation is 2. The third kappa shape index (κ3) is 7.45. The summed E-state index contributed by atoms with van der Waals surface area (Å²) in [6, 6.07) is 11.8. The van der Waals surface area contributed by atoms with Crippen molar-refractivity contribution < 1.29 is 22.7 Å². The van der Waals surface area contributed by atoms with Crippen molar-refractivity contribution in [2.45, 2.75) is 59.7 Å². The second-order valence-corrected chi connectivity index (χ2v) is 10.8. The zero-order valence-electron chi connectivity index (χ0n) is 21.7. The molecule has 2 aromatic rings. The van der Waals surface area contributed by atoms with Gasteiger partial charge in [0.15, 0.2) is 0 Å². The first kappa shape index (κ1) is 28.2.